The van der Waals surface area contributed by atoms with Gasteiger partial charge in [0, 0.05) is 36.8 Å². The molecule has 0 fully saturated rings. The summed E-state index contributed by atoms with van der Waals surface area (Å²) < 4.78 is 48.9. The molecule has 3 heterocycles. The quantitative estimate of drug-likeness (QED) is 0.884. The molecule has 7 nitrogen and oxygen atoms in total. The van der Waals surface area contributed by atoms with Crippen LogP contribution in [0.4, 0.5) is 13.2 Å². The van der Waals surface area contributed by atoms with Crippen molar-refractivity contribution < 1.29 is 22.6 Å². The summed E-state index contributed by atoms with van der Waals surface area (Å²) in [4.78, 5) is 23.4. The highest BCUT2D eigenvalue weighted by atomic mass is 19.4. The van der Waals surface area contributed by atoms with Crippen molar-refractivity contribution in [2.75, 3.05) is 20.8 Å². The topological polar surface area (TPSA) is 80.3 Å². The second-order valence-electron chi connectivity index (χ2n) is 5.82. The van der Waals surface area contributed by atoms with Crippen LogP contribution >= 0.6 is 0 Å². The zero-order valence-electron chi connectivity index (χ0n) is 14.2. The molecule has 0 unspecified atom stereocenters. The fourth-order valence-corrected chi connectivity index (χ4v) is 2.87. The molecule has 140 valence electrons. The minimum absolute atomic E-state index is 0.136. The minimum Gasteiger partial charge on any atom is -0.481 e. The minimum atomic E-state index is -4.69. The van der Waals surface area contributed by atoms with Crippen molar-refractivity contribution in [3.05, 3.63) is 45.1 Å². The number of halogens is 3. The van der Waals surface area contributed by atoms with Gasteiger partial charge in [0.05, 0.1) is 19.9 Å². The highest BCUT2D eigenvalue weighted by molar-refractivity contribution is 5.31. The average Bonchev–Trinajstić information content (AvgIpc) is 2.61. The Morgan fingerprint density at radius 3 is 2.65 bits per heavy atom. The third-order valence-corrected chi connectivity index (χ3v) is 4.13. The Labute approximate surface area is 146 Å². The zero-order valence-corrected chi connectivity index (χ0v) is 14.2. The molecule has 3 rings (SSSR count). The van der Waals surface area contributed by atoms with E-state index in [2.05, 4.69) is 9.97 Å². The number of ether oxygens (including phenoxy) is 2. The third kappa shape index (κ3) is 3.64. The SMILES string of the molecule is COc1ccc(CN2CCc3c(nc(C(F)(F)F)[nH]c3=O)C2)c(OC)n1. The maximum absolute atomic E-state index is 12.9. The number of fused-ring (bicyclic) bond motifs is 1. The van der Waals surface area contributed by atoms with Gasteiger partial charge < -0.3 is 14.5 Å². The Balaban J connectivity index is 1.85. The van der Waals surface area contributed by atoms with Crippen LogP contribution in [0, 0.1) is 0 Å². The van der Waals surface area contributed by atoms with Gasteiger partial charge in [0.25, 0.3) is 5.56 Å². The largest absolute Gasteiger partial charge is 0.481 e. The molecule has 0 radical (unpaired) electrons. The number of aromatic amines is 1. The van der Waals surface area contributed by atoms with Gasteiger partial charge in [-0.25, -0.2) is 4.98 Å². The van der Waals surface area contributed by atoms with Crippen LogP contribution in [0.25, 0.3) is 0 Å². The molecular formula is C16H17F3N4O3. The molecule has 0 saturated heterocycles. The molecular weight excluding hydrogens is 353 g/mol. The van der Waals surface area contributed by atoms with Gasteiger partial charge in [0.1, 0.15) is 0 Å². The Hall–Kier alpha value is -2.62. The fourth-order valence-electron chi connectivity index (χ4n) is 2.87. The van der Waals surface area contributed by atoms with E-state index < -0.39 is 17.6 Å². The first-order valence-corrected chi connectivity index (χ1v) is 7.81. The predicted molar refractivity (Wildman–Crippen MR) is 85.0 cm³/mol. The smallest absolute Gasteiger partial charge is 0.449 e. The van der Waals surface area contributed by atoms with Crippen molar-refractivity contribution in [2.24, 2.45) is 0 Å². The van der Waals surface area contributed by atoms with Crippen LogP contribution in [0.15, 0.2) is 16.9 Å². The highest BCUT2D eigenvalue weighted by Gasteiger charge is 2.36. The number of nitrogens with zero attached hydrogens (tertiary/aromatic N) is 3. The Morgan fingerprint density at radius 1 is 1.23 bits per heavy atom. The lowest BCUT2D eigenvalue weighted by Crippen LogP contribution is -2.36. The van der Waals surface area contributed by atoms with E-state index in [4.69, 9.17) is 9.47 Å². The van der Waals surface area contributed by atoms with Gasteiger partial charge in [-0.05, 0) is 12.5 Å². The van der Waals surface area contributed by atoms with Gasteiger partial charge in [-0.2, -0.15) is 18.2 Å². The number of H-pyrrole nitrogens is 1. The van der Waals surface area contributed by atoms with Gasteiger partial charge in [-0.3, -0.25) is 9.69 Å². The second kappa shape index (κ2) is 6.94. The number of methoxy groups -OCH3 is 2. The second-order valence-corrected chi connectivity index (χ2v) is 5.82. The van der Waals surface area contributed by atoms with E-state index in [-0.39, 0.29) is 12.2 Å². The average molecular weight is 370 g/mol. The van der Waals surface area contributed by atoms with Gasteiger partial charge in [0.15, 0.2) is 0 Å². The monoisotopic (exact) mass is 370 g/mol. The first-order chi connectivity index (χ1) is 12.3. The van der Waals surface area contributed by atoms with E-state index in [1.807, 2.05) is 9.88 Å². The zero-order chi connectivity index (χ0) is 18.9. The highest BCUT2D eigenvalue weighted by Crippen LogP contribution is 2.27. The molecule has 1 aliphatic heterocycles. The summed E-state index contributed by atoms with van der Waals surface area (Å²) in [5.41, 5.74) is 0.477. The molecule has 1 aliphatic rings. The lowest BCUT2D eigenvalue weighted by molar-refractivity contribution is -0.145. The van der Waals surface area contributed by atoms with Crippen LogP contribution in [0.3, 0.4) is 0 Å². The molecule has 0 saturated carbocycles. The standard InChI is InChI=1S/C16H17F3N4O3/c1-25-12-4-3-9(14(21-12)26-2)7-23-6-5-10-11(8-23)20-15(16(17,18)19)22-13(10)24/h3-4H,5-8H2,1-2H3,(H,20,22,24). The Morgan fingerprint density at radius 2 is 2.00 bits per heavy atom. The van der Waals surface area contributed by atoms with Crippen LogP contribution in [-0.2, 0) is 25.7 Å². The molecule has 0 spiro atoms. The fraction of sp³-hybridized carbons (Fsp3) is 0.438. The molecule has 2 aromatic rings. The summed E-state index contributed by atoms with van der Waals surface area (Å²) in [6.45, 7) is 1.05. The van der Waals surface area contributed by atoms with Crippen molar-refractivity contribution in [3.63, 3.8) is 0 Å². The lowest BCUT2D eigenvalue weighted by Gasteiger charge is -2.28. The van der Waals surface area contributed by atoms with E-state index >= 15 is 0 Å². The van der Waals surface area contributed by atoms with Gasteiger partial charge >= 0.3 is 6.18 Å². The summed E-state index contributed by atoms with van der Waals surface area (Å²) in [6, 6.07) is 3.47. The number of hydrogen-bond acceptors (Lipinski definition) is 6. The number of pyridine rings is 1. The molecule has 0 bridgehead atoms. The molecule has 26 heavy (non-hydrogen) atoms. The maximum atomic E-state index is 12.9. The van der Waals surface area contributed by atoms with Crippen LogP contribution in [-0.4, -0.2) is 40.6 Å². The Bertz CT molecular complexity index is 867. The van der Waals surface area contributed by atoms with Crippen LogP contribution in [0.2, 0.25) is 0 Å². The van der Waals surface area contributed by atoms with E-state index in [0.717, 1.165) is 5.56 Å². The number of alkyl halides is 3. The summed E-state index contributed by atoms with van der Waals surface area (Å²) in [6.07, 6.45) is -4.37. The number of nitrogens with one attached hydrogen (secondary N) is 1. The van der Waals surface area contributed by atoms with Crippen LogP contribution in [0.5, 0.6) is 11.8 Å². The normalized spacial score (nSPS) is 14.8. The number of hydrogen-bond donors (Lipinski definition) is 1. The molecule has 10 heteroatoms. The van der Waals surface area contributed by atoms with Gasteiger partial charge in [0.2, 0.25) is 17.6 Å². The first-order valence-electron chi connectivity index (χ1n) is 7.81. The third-order valence-electron chi connectivity index (χ3n) is 4.13. The summed E-state index contributed by atoms with van der Waals surface area (Å²) in [7, 11) is 2.97. The van der Waals surface area contributed by atoms with E-state index in [1.54, 1.807) is 12.1 Å². The van der Waals surface area contributed by atoms with Crippen molar-refractivity contribution in [1.82, 2.24) is 19.9 Å². The Kier molecular flexibility index (Phi) is 4.86. The molecule has 2 aromatic heterocycles. The molecule has 0 amide bonds. The predicted octanol–water partition coefficient (Wildman–Crippen LogP) is 1.76. The number of aromatic nitrogens is 3. The molecule has 0 aromatic carbocycles. The van der Waals surface area contributed by atoms with E-state index in [0.29, 0.717) is 36.8 Å². The van der Waals surface area contributed by atoms with E-state index in [1.165, 1.54) is 14.2 Å². The van der Waals surface area contributed by atoms with Crippen LogP contribution in [0.1, 0.15) is 22.6 Å². The number of rotatable bonds is 4. The van der Waals surface area contributed by atoms with Crippen molar-refractivity contribution in [2.45, 2.75) is 25.7 Å². The van der Waals surface area contributed by atoms with Crippen molar-refractivity contribution in [3.8, 4) is 11.8 Å². The van der Waals surface area contributed by atoms with Crippen molar-refractivity contribution >= 4 is 0 Å². The molecule has 1 N–H and O–H groups in total. The maximum Gasteiger partial charge on any atom is 0.449 e. The summed E-state index contributed by atoms with van der Waals surface area (Å²) >= 11 is 0. The first kappa shape index (κ1) is 18.2. The van der Waals surface area contributed by atoms with Gasteiger partial charge in [-0.1, -0.05) is 0 Å². The molecule has 0 aliphatic carbocycles. The summed E-state index contributed by atoms with van der Waals surface area (Å²) in [5, 5.41) is 0. The van der Waals surface area contributed by atoms with Crippen LogP contribution < -0.4 is 15.0 Å². The molecule has 0 atom stereocenters. The lowest BCUT2D eigenvalue weighted by atomic mass is 10.1. The van der Waals surface area contributed by atoms with Gasteiger partial charge in [-0.15, -0.1) is 0 Å². The van der Waals surface area contributed by atoms with E-state index in [9.17, 15) is 18.0 Å². The van der Waals surface area contributed by atoms with Crippen molar-refractivity contribution in [1.29, 1.82) is 0 Å². The summed E-state index contributed by atoms with van der Waals surface area (Å²) in [5.74, 6) is -0.491.